The average Bonchev–Trinajstić information content (AvgIpc) is 2.52. The maximum Gasteiger partial charge on any atom is 0.316 e. The normalized spacial score (nSPS) is 15.7. The van der Waals surface area contributed by atoms with Crippen molar-refractivity contribution in [2.24, 2.45) is 5.84 Å². The molecule has 0 heterocycles. The van der Waals surface area contributed by atoms with Gasteiger partial charge in [-0.2, -0.15) is 0 Å². The molecule has 1 aromatic carbocycles. The van der Waals surface area contributed by atoms with Gasteiger partial charge < -0.3 is 15.4 Å². The van der Waals surface area contributed by atoms with E-state index in [0.717, 1.165) is 25.7 Å². The molecule has 7 nitrogen and oxygen atoms in total. The monoisotopic (exact) mass is 294 g/mol. The second-order valence-electron chi connectivity index (χ2n) is 5.28. The van der Waals surface area contributed by atoms with Crippen molar-refractivity contribution in [1.82, 2.24) is 0 Å². The Hall–Kier alpha value is -1.86. The Morgan fingerprint density at radius 3 is 2.67 bits per heavy atom. The van der Waals surface area contributed by atoms with Crippen LogP contribution in [0.2, 0.25) is 0 Å². The number of hydrogen-bond acceptors (Lipinski definition) is 6. The summed E-state index contributed by atoms with van der Waals surface area (Å²) in [6.45, 7) is 0.355. The minimum absolute atomic E-state index is 0.0287. The number of para-hydroxylation sites is 1. The summed E-state index contributed by atoms with van der Waals surface area (Å²) in [6.07, 6.45) is 5.44. The average molecular weight is 294 g/mol. The number of aliphatic hydroxyl groups is 1. The molecule has 1 saturated carbocycles. The Balaban J connectivity index is 2.41. The lowest BCUT2D eigenvalue weighted by Crippen LogP contribution is -2.39. The van der Waals surface area contributed by atoms with Crippen molar-refractivity contribution in [2.75, 3.05) is 23.5 Å². The number of benzene rings is 1. The number of hydrogen-bond donors (Lipinski definition) is 3. The number of nitrogens with zero attached hydrogens (tertiary/aromatic N) is 2. The first-order chi connectivity index (χ1) is 10.2. The molecule has 1 fully saturated rings. The summed E-state index contributed by atoms with van der Waals surface area (Å²) in [5.41, 5.74) is 3.17. The molecule has 1 aliphatic carbocycles. The second kappa shape index (κ2) is 7.24. The summed E-state index contributed by atoms with van der Waals surface area (Å²) in [5, 5.41) is 20.7. The molecule has 7 heteroatoms. The number of aliphatic hydroxyl groups excluding tert-OH is 1. The van der Waals surface area contributed by atoms with E-state index >= 15 is 0 Å². The van der Waals surface area contributed by atoms with E-state index < -0.39 is 4.92 Å². The molecule has 0 aromatic heterocycles. The summed E-state index contributed by atoms with van der Waals surface area (Å²) >= 11 is 0. The van der Waals surface area contributed by atoms with E-state index in [1.807, 2.05) is 4.90 Å². The fraction of sp³-hybridized carbons (Fsp3) is 0.571. The molecule has 4 N–H and O–H groups in total. The first-order valence-electron chi connectivity index (χ1n) is 7.30. The number of nitrogens with one attached hydrogen (secondary N) is 1. The lowest BCUT2D eigenvalue weighted by atomic mass is 9.93. The first kappa shape index (κ1) is 15.5. The van der Waals surface area contributed by atoms with Gasteiger partial charge >= 0.3 is 5.69 Å². The van der Waals surface area contributed by atoms with Crippen LogP contribution in [0.5, 0.6) is 0 Å². The lowest BCUT2D eigenvalue weighted by Gasteiger charge is -2.35. The van der Waals surface area contributed by atoms with Crippen molar-refractivity contribution in [3.05, 3.63) is 28.3 Å². The van der Waals surface area contributed by atoms with E-state index in [0.29, 0.717) is 12.2 Å². The van der Waals surface area contributed by atoms with Gasteiger partial charge in [-0.05, 0) is 25.0 Å². The van der Waals surface area contributed by atoms with Crippen molar-refractivity contribution in [3.8, 4) is 0 Å². The molecule has 0 radical (unpaired) electrons. The highest BCUT2D eigenvalue weighted by atomic mass is 16.6. The van der Waals surface area contributed by atoms with Gasteiger partial charge in [0.05, 0.1) is 11.5 Å². The molecule has 2 rings (SSSR count). The molecular weight excluding hydrogens is 272 g/mol. The topological polar surface area (TPSA) is 105 Å². The highest BCUT2D eigenvalue weighted by molar-refractivity contribution is 5.77. The van der Waals surface area contributed by atoms with Gasteiger partial charge in [0.2, 0.25) is 0 Å². The Morgan fingerprint density at radius 1 is 1.38 bits per heavy atom. The van der Waals surface area contributed by atoms with Crippen LogP contribution in [-0.4, -0.2) is 29.2 Å². The summed E-state index contributed by atoms with van der Waals surface area (Å²) in [6, 6.07) is 5.28. The van der Waals surface area contributed by atoms with E-state index in [-0.39, 0.29) is 24.0 Å². The second-order valence-corrected chi connectivity index (χ2v) is 5.28. The Kier molecular flexibility index (Phi) is 5.35. The smallest absolute Gasteiger partial charge is 0.316 e. The maximum absolute atomic E-state index is 11.4. The molecular formula is C14H22N4O3. The third kappa shape index (κ3) is 3.43. The molecule has 0 saturated heterocycles. The highest BCUT2D eigenvalue weighted by Gasteiger charge is 2.28. The van der Waals surface area contributed by atoms with Gasteiger partial charge in [-0.3, -0.25) is 16.0 Å². The van der Waals surface area contributed by atoms with Crippen molar-refractivity contribution in [3.63, 3.8) is 0 Å². The van der Waals surface area contributed by atoms with Crippen molar-refractivity contribution in [2.45, 2.75) is 38.1 Å². The third-order valence-electron chi connectivity index (χ3n) is 4.02. The molecule has 0 bridgehead atoms. The Bertz CT molecular complexity index is 489. The fourth-order valence-electron chi connectivity index (χ4n) is 3.07. The van der Waals surface area contributed by atoms with Gasteiger partial charge in [-0.1, -0.05) is 25.3 Å². The molecule has 1 aliphatic rings. The predicted molar refractivity (Wildman–Crippen MR) is 82.2 cm³/mol. The minimum atomic E-state index is -0.419. The van der Waals surface area contributed by atoms with Crippen LogP contribution >= 0.6 is 0 Å². The zero-order chi connectivity index (χ0) is 15.2. The summed E-state index contributed by atoms with van der Waals surface area (Å²) in [4.78, 5) is 13.0. The van der Waals surface area contributed by atoms with Crippen LogP contribution in [0, 0.1) is 10.1 Å². The summed E-state index contributed by atoms with van der Waals surface area (Å²) < 4.78 is 0. The van der Waals surface area contributed by atoms with Crippen molar-refractivity contribution in [1.29, 1.82) is 0 Å². The molecule has 0 atom stereocenters. The van der Waals surface area contributed by atoms with Gasteiger partial charge in [0, 0.05) is 12.6 Å². The van der Waals surface area contributed by atoms with Crippen LogP contribution in [0.25, 0.3) is 0 Å². The zero-order valence-electron chi connectivity index (χ0n) is 12.0. The number of hydrazine groups is 1. The number of nitro groups is 1. The summed E-state index contributed by atoms with van der Waals surface area (Å²) in [5.74, 6) is 5.39. The molecule has 116 valence electrons. The molecule has 0 unspecified atom stereocenters. The van der Waals surface area contributed by atoms with Crippen LogP contribution in [0.4, 0.5) is 17.1 Å². The molecule has 0 amide bonds. The van der Waals surface area contributed by atoms with E-state index in [1.54, 1.807) is 18.2 Å². The molecule has 0 aliphatic heterocycles. The highest BCUT2D eigenvalue weighted by Crippen LogP contribution is 2.38. The number of nitrogen functional groups attached to an aromatic ring is 1. The fourth-order valence-corrected chi connectivity index (χ4v) is 3.07. The van der Waals surface area contributed by atoms with Crippen LogP contribution < -0.4 is 16.2 Å². The van der Waals surface area contributed by atoms with Crippen LogP contribution in [-0.2, 0) is 0 Å². The van der Waals surface area contributed by atoms with E-state index in [9.17, 15) is 15.2 Å². The van der Waals surface area contributed by atoms with Crippen molar-refractivity contribution < 1.29 is 10.0 Å². The van der Waals surface area contributed by atoms with Gasteiger partial charge in [-0.25, -0.2) is 0 Å². The number of nitro benzene ring substituents is 1. The molecule has 0 spiro atoms. The van der Waals surface area contributed by atoms with Gasteiger partial charge in [0.25, 0.3) is 0 Å². The van der Waals surface area contributed by atoms with Gasteiger partial charge in [-0.15, -0.1) is 0 Å². The Labute approximate surface area is 123 Å². The van der Waals surface area contributed by atoms with Crippen LogP contribution in [0.15, 0.2) is 18.2 Å². The van der Waals surface area contributed by atoms with Crippen LogP contribution in [0.1, 0.15) is 32.1 Å². The maximum atomic E-state index is 11.4. The first-order valence-corrected chi connectivity index (χ1v) is 7.30. The van der Waals surface area contributed by atoms with Crippen LogP contribution in [0.3, 0.4) is 0 Å². The summed E-state index contributed by atoms with van der Waals surface area (Å²) in [7, 11) is 0. The third-order valence-corrected chi connectivity index (χ3v) is 4.02. The standard InChI is InChI=1S/C14H22N4O3/c15-16-12-7-4-8-13(14(12)18(20)21)17(9-10-19)11-5-2-1-3-6-11/h4,7-8,11,16,19H,1-3,5-6,9-10,15H2. The van der Waals surface area contributed by atoms with Gasteiger partial charge in [0.1, 0.15) is 11.4 Å². The van der Waals surface area contributed by atoms with E-state index in [1.165, 1.54) is 6.42 Å². The van der Waals surface area contributed by atoms with Gasteiger partial charge in [0.15, 0.2) is 0 Å². The quantitative estimate of drug-likeness (QED) is 0.421. The predicted octanol–water partition coefficient (Wildman–Crippen LogP) is 2.01. The van der Waals surface area contributed by atoms with Crippen molar-refractivity contribution >= 4 is 17.1 Å². The van der Waals surface area contributed by atoms with E-state index in [4.69, 9.17) is 5.84 Å². The van der Waals surface area contributed by atoms with E-state index in [2.05, 4.69) is 5.43 Å². The molecule has 1 aromatic rings. The zero-order valence-corrected chi connectivity index (χ0v) is 12.0. The number of rotatable bonds is 6. The number of nitrogens with two attached hydrogens (primary N) is 1. The minimum Gasteiger partial charge on any atom is -0.395 e. The largest absolute Gasteiger partial charge is 0.395 e. The molecule has 21 heavy (non-hydrogen) atoms. The number of anilines is 2. The SMILES string of the molecule is NNc1cccc(N(CCO)C2CCCCC2)c1[N+](=O)[O-]. The Morgan fingerprint density at radius 2 is 2.10 bits per heavy atom. The lowest BCUT2D eigenvalue weighted by molar-refractivity contribution is -0.383.